The monoisotopic (exact) mass is 384 g/mol. The molecule has 4 rings (SSSR count). The molecule has 1 aliphatic rings. The third-order valence-electron chi connectivity index (χ3n) is 4.60. The van der Waals surface area contributed by atoms with Crippen LogP contribution in [0.1, 0.15) is 16.7 Å². The summed E-state index contributed by atoms with van der Waals surface area (Å²) in [5, 5.41) is 0. The molecule has 0 aliphatic carbocycles. The Bertz CT molecular complexity index is 1090. The molecule has 0 radical (unpaired) electrons. The number of rotatable bonds is 5. The normalized spacial score (nSPS) is 14.5. The van der Waals surface area contributed by atoms with E-state index in [-0.39, 0.29) is 5.97 Å². The first kappa shape index (κ1) is 18.6. The Morgan fingerprint density at radius 1 is 0.897 bits per heavy atom. The van der Waals surface area contributed by atoms with Crippen LogP contribution in [0.5, 0.6) is 17.2 Å². The molecule has 1 heterocycles. The molecule has 3 aromatic carbocycles. The first-order chi connectivity index (χ1) is 14.1. The van der Waals surface area contributed by atoms with Crippen LogP contribution in [0.2, 0.25) is 0 Å². The molecule has 0 unspecified atom stereocenters. The average molecular weight is 384 g/mol. The summed E-state index contributed by atoms with van der Waals surface area (Å²) in [5.41, 5.74) is 3.22. The zero-order valence-corrected chi connectivity index (χ0v) is 16.2. The van der Waals surface area contributed by atoms with E-state index in [1.807, 2.05) is 79.7 Å². The molecule has 0 spiro atoms. The number of cyclic esters (lactones) is 1. The minimum absolute atomic E-state index is 0.371. The van der Waals surface area contributed by atoms with Gasteiger partial charge in [-0.2, -0.15) is 0 Å². The smallest absolute Gasteiger partial charge is 0.343 e. The van der Waals surface area contributed by atoms with E-state index in [2.05, 4.69) is 0 Å². The summed E-state index contributed by atoms with van der Waals surface area (Å²) in [6.45, 7) is 1.97. The van der Waals surface area contributed by atoms with Gasteiger partial charge in [0.2, 0.25) is 0 Å². The van der Waals surface area contributed by atoms with E-state index >= 15 is 0 Å². The summed E-state index contributed by atoms with van der Waals surface area (Å²) < 4.78 is 16.6. The number of carbonyl (C=O) groups is 1. The molecular weight excluding hydrogens is 364 g/mol. The number of hydrogen-bond donors (Lipinski definition) is 0. The number of aryl methyl sites for hydroxylation is 1. The van der Waals surface area contributed by atoms with Crippen molar-refractivity contribution in [1.82, 2.24) is 0 Å². The van der Waals surface area contributed by atoms with Gasteiger partial charge in [0, 0.05) is 5.56 Å². The number of ether oxygens (including phenoxy) is 3. The summed E-state index contributed by atoms with van der Waals surface area (Å²) in [5.74, 6) is 2.41. The lowest BCUT2D eigenvalue weighted by Crippen LogP contribution is -1.97. The predicted octanol–water partition coefficient (Wildman–Crippen LogP) is 5.78. The number of esters is 1. The second kappa shape index (κ2) is 8.07. The van der Waals surface area contributed by atoms with E-state index in [9.17, 15) is 4.79 Å². The number of carbonyl (C=O) groups excluding carboxylic acids is 1. The zero-order valence-electron chi connectivity index (χ0n) is 16.2. The van der Waals surface area contributed by atoms with Crippen LogP contribution < -0.4 is 9.47 Å². The van der Waals surface area contributed by atoms with Crippen molar-refractivity contribution in [3.63, 3.8) is 0 Å². The van der Waals surface area contributed by atoms with Crippen LogP contribution >= 0.6 is 0 Å². The first-order valence-corrected chi connectivity index (χ1v) is 9.26. The van der Waals surface area contributed by atoms with Crippen LogP contribution in [-0.4, -0.2) is 13.1 Å². The third kappa shape index (κ3) is 4.22. The van der Waals surface area contributed by atoms with Gasteiger partial charge in [0.15, 0.2) is 0 Å². The molecule has 0 aromatic heterocycles. The van der Waals surface area contributed by atoms with Gasteiger partial charge in [0.05, 0.1) is 12.7 Å². The minimum atomic E-state index is -0.371. The number of hydrogen-bond acceptors (Lipinski definition) is 4. The van der Waals surface area contributed by atoms with E-state index in [0.717, 1.165) is 28.2 Å². The highest BCUT2D eigenvalue weighted by molar-refractivity contribution is 6.05. The Balaban J connectivity index is 1.54. The van der Waals surface area contributed by atoms with Crippen LogP contribution in [0.3, 0.4) is 0 Å². The molecule has 3 aromatic rings. The van der Waals surface area contributed by atoms with Gasteiger partial charge in [-0.1, -0.05) is 30.3 Å². The van der Waals surface area contributed by atoms with E-state index in [4.69, 9.17) is 14.2 Å². The summed E-state index contributed by atoms with van der Waals surface area (Å²) in [6, 6.07) is 22.8. The summed E-state index contributed by atoms with van der Waals surface area (Å²) in [4.78, 5) is 12.3. The fraction of sp³-hybridized carbons (Fsp3) is 0.0800. The van der Waals surface area contributed by atoms with Gasteiger partial charge in [-0.25, -0.2) is 4.79 Å². The summed E-state index contributed by atoms with van der Waals surface area (Å²) in [6.07, 6.45) is 3.55. The quantitative estimate of drug-likeness (QED) is 0.413. The predicted molar refractivity (Wildman–Crippen MR) is 113 cm³/mol. The van der Waals surface area contributed by atoms with Gasteiger partial charge in [0.1, 0.15) is 23.0 Å². The molecule has 1 aliphatic heterocycles. The molecule has 0 N–H and O–H groups in total. The lowest BCUT2D eigenvalue weighted by atomic mass is 10.1. The maximum absolute atomic E-state index is 12.3. The fourth-order valence-corrected chi connectivity index (χ4v) is 3.05. The molecule has 0 bridgehead atoms. The number of benzene rings is 3. The van der Waals surface area contributed by atoms with Gasteiger partial charge in [0.25, 0.3) is 0 Å². The lowest BCUT2D eigenvalue weighted by molar-refractivity contribution is -0.130. The van der Waals surface area contributed by atoms with Gasteiger partial charge < -0.3 is 14.2 Å². The molecule has 0 amide bonds. The van der Waals surface area contributed by atoms with Gasteiger partial charge >= 0.3 is 5.97 Å². The van der Waals surface area contributed by atoms with Crippen molar-refractivity contribution in [2.24, 2.45) is 0 Å². The van der Waals surface area contributed by atoms with Crippen LogP contribution in [0, 0.1) is 6.92 Å². The average Bonchev–Trinajstić information content (AvgIpc) is 3.11. The maximum atomic E-state index is 12.3. The lowest BCUT2D eigenvalue weighted by Gasteiger charge is -2.07. The molecule has 4 nitrogen and oxygen atoms in total. The SMILES string of the molecule is COc1cc(/C=C2\C=C(c3ccc(Oc4ccccc4)cc3)OC2=O)ccc1C. The molecular formula is C25H20O4. The Morgan fingerprint density at radius 3 is 2.34 bits per heavy atom. The van der Waals surface area contributed by atoms with Crippen LogP contribution in [-0.2, 0) is 9.53 Å². The highest BCUT2D eigenvalue weighted by Gasteiger charge is 2.22. The highest BCUT2D eigenvalue weighted by Crippen LogP contribution is 2.30. The van der Waals surface area contributed by atoms with E-state index in [0.29, 0.717) is 17.1 Å². The maximum Gasteiger partial charge on any atom is 0.343 e. The molecule has 0 fully saturated rings. The van der Waals surface area contributed by atoms with Gasteiger partial charge in [-0.05, 0) is 72.7 Å². The molecule has 29 heavy (non-hydrogen) atoms. The minimum Gasteiger partial charge on any atom is -0.496 e. The Hall–Kier alpha value is -3.79. The largest absolute Gasteiger partial charge is 0.496 e. The molecule has 0 saturated carbocycles. The van der Waals surface area contributed by atoms with Crippen molar-refractivity contribution >= 4 is 17.8 Å². The van der Waals surface area contributed by atoms with Gasteiger partial charge in [-0.15, -0.1) is 0 Å². The summed E-state index contributed by atoms with van der Waals surface area (Å²) >= 11 is 0. The van der Waals surface area contributed by atoms with Crippen LogP contribution in [0.15, 0.2) is 84.4 Å². The van der Waals surface area contributed by atoms with Crippen molar-refractivity contribution < 1.29 is 19.0 Å². The van der Waals surface area contributed by atoms with Crippen molar-refractivity contribution in [1.29, 1.82) is 0 Å². The number of para-hydroxylation sites is 1. The standard InChI is InChI=1S/C25H20O4/c1-17-8-9-18(15-23(17)27-2)14-20-16-24(29-25(20)26)19-10-12-22(13-11-19)28-21-6-4-3-5-7-21/h3-16H,1-2H3/b20-14+. The highest BCUT2D eigenvalue weighted by atomic mass is 16.5. The Morgan fingerprint density at radius 2 is 1.62 bits per heavy atom. The van der Waals surface area contributed by atoms with E-state index < -0.39 is 0 Å². The summed E-state index contributed by atoms with van der Waals surface area (Å²) in [7, 11) is 1.63. The second-order valence-corrected chi connectivity index (χ2v) is 6.67. The Labute approximate surface area is 169 Å². The molecule has 0 saturated heterocycles. The van der Waals surface area contributed by atoms with Gasteiger partial charge in [-0.3, -0.25) is 0 Å². The van der Waals surface area contributed by atoms with Crippen molar-refractivity contribution in [2.45, 2.75) is 6.92 Å². The number of methoxy groups -OCH3 is 1. The molecule has 0 atom stereocenters. The fourth-order valence-electron chi connectivity index (χ4n) is 3.05. The topological polar surface area (TPSA) is 44.8 Å². The van der Waals surface area contributed by atoms with E-state index in [1.54, 1.807) is 19.3 Å². The first-order valence-electron chi connectivity index (χ1n) is 9.26. The van der Waals surface area contributed by atoms with Crippen molar-refractivity contribution in [3.05, 3.63) is 101 Å². The van der Waals surface area contributed by atoms with Crippen LogP contribution in [0.4, 0.5) is 0 Å². The molecule has 144 valence electrons. The van der Waals surface area contributed by atoms with Crippen LogP contribution in [0.25, 0.3) is 11.8 Å². The zero-order chi connectivity index (χ0) is 20.2. The van der Waals surface area contributed by atoms with E-state index in [1.165, 1.54) is 0 Å². The Kier molecular flexibility index (Phi) is 5.16. The van der Waals surface area contributed by atoms with Crippen molar-refractivity contribution in [3.8, 4) is 17.2 Å². The molecule has 4 heteroatoms. The van der Waals surface area contributed by atoms with Crippen molar-refractivity contribution in [2.75, 3.05) is 7.11 Å². The second-order valence-electron chi connectivity index (χ2n) is 6.67. The third-order valence-corrected chi connectivity index (χ3v) is 4.60.